The highest BCUT2D eigenvalue weighted by Gasteiger charge is 2.27. The SMILES string of the molecule is CCc1nc(-c2nc(CC)c(-c3scc4c3OCCO4)s2)sc1-c1scc2c1OCCO2. The van der Waals surface area contributed by atoms with E-state index in [-0.39, 0.29) is 0 Å². The largest absolute Gasteiger partial charge is 0.485 e. The highest BCUT2D eigenvalue weighted by Crippen LogP contribution is 2.52. The zero-order valence-electron chi connectivity index (χ0n) is 17.6. The minimum absolute atomic E-state index is 0.580. The second-order valence-corrected chi connectivity index (χ2v) is 11.0. The molecule has 6 heterocycles. The molecule has 0 aromatic carbocycles. The van der Waals surface area contributed by atoms with Gasteiger partial charge in [-0.05, 0) is 12.8 Å². The number of aryl methyl sites for hydroxylation is 2. The van der Waals surface area contributed by atoms with Gasteiger partial charge in [-0.25, -0.2) is 9.97 Å². The molecule has 0 radical (unpaired) electrons. The zero-order valence-corrected chi connectivity index (χ0v) is 20.8. The molecular weight excluding hydrogens is 485 g/mol. The summed E-state index contributed by atoms with van der Waals surface area (Å²) >= 11 is 6.69. The number of nitrogens with zero attached hydrogens (tertiary/aromatic N) is 2. The lowest BCUT2D eigenvalue weighted by Gasteiger charge is -2.15. The van der Waals surface area contributed by atoms with Gasteiger partial charge >= 0.3 is 0 Å². The molecule has 4 aromatic rings. The molecule has 32 heavy (non-hydrogen) atoms. The van der Waals surface area contributed by atoms with E-state index in [2.05, 4.69) is 13.8 Å². The zero-order chi connectivity index (χ0) is 21.7. The number of fused-ring (bicyclic) bond motifs is 2. The van der Waals surface area contributed by atoms with Gasteiger partial charge in [0.25, 0.3) is 0 Å². The molecule has 0 N–H and O–H groups in total. The molecule has 0 fully saturated rings. The van der Waals surface area contributed by atoms with E-state index in [1.165, 1.54) is 0 Å². The molecule has 0 spiro atoms. The van der Waals surface area contributed by atoms with Gasteiger partial charge in [-0.3, -0.25) is 0 Å². The summed E-state index contributed by atoms with van der Waals surface area (Å²) in [6.45, 7) is 6.63. The van der Waals surface area contributed by atoms with Gasteiger partial charge in [-0.1, -0.05) is 13.8 Å². The van der Waals surface area contributed by atoms with Gasteiger partial charge in [0, 0.05) is 10.8 Å². The molecule has 0 saturated heterocycles. The van der Waals surface area contributed by atoms with E-state index in [9.17, 15) is 0 Å². The first-order valence-corrected chi connectivity index (χ1v) is 13.9. The van der Waals surface area contributed by atoms with Crippen LogP contribution in [0.1, 0.15) is 25.2 Å². The van der Waals surface area contributed by atoms with E-state index >= 15 is 0 Å². The van der Waals surface area contributed by atoms with E-state index in [4.69, 9.17) is 28.9 Å². The summed E-state index contributed by atoms with van der Waals surface area (Å²) < 4.78 is 23.4. The Morgan fingerprint density at radius 2 is 1.09 bits per heavy atom. The van der Waals surface area contributed by atoms with Crippen LogP contribution in [0.5, 0.6) is 23.0 Å². The van der Waals surface area contributed by atoms with Crippen molar-refractivity contribution in [2.75, 3.05) is 26.4 Å². The number of rotatable bonds is 5. The average molecular weight is 505 g/mol. The van der Waals surface area contributed by atoms with Crippen LogP contribution in [0.15, 0.2) is 10.8 Å². The van der Waals surface area contributed by atoms with Crippen LogP contribution in [0.4, 0.5) is 0 Å². The van der Waals surface area contributed by atoms with Crippen molar-refractivity contribution in [3.8, 4) is 52.5 Å². The van der Waals surface area contributed by atoms with Gasteiger partial charge in [0.1, 0.15) is 26.4 Å². The third-order valence-corrected chi connectivity index (χ3v) is 9.81. The molecule has 2 aliphatic rings. The minimum atomic E-state index is 0.580. The second kappa shape index (κ2) is 8.33. The van der Waals surface area contributed by atoms with Crippen LogP contribution < -0.4 is 18.9 Å². The predicted octanol–water partition coefficient (Wildman–Crippen LogP) is 6.39. The van der Waals surface area contributed by atoms with Gasteiger partial charge in [0.2, 0.25) is 0 Å². The van der Waals surface area contributed by atoms with Gasteiger partial charge < -0.3 is 18.9 Å². The Morgan fingerprint density at radius 1 is 0.656 bits per heavy atom. The van der Waals surface area contributed by atoms with Crippen LogP contribution in [0.25, 0.3) is 29.5 Å². The highest BCUT2D eigenvalue weighted by atomic mass is 32.1. The van der Waals surface area contributed by atoms with E-state index in [1.54, 1.807) is 45.3 Å². The Bertz CT molecular complexity index is 1190. The van der Waals surface area contributed by atoms with Crippen molar-refractivity contribution < 1.29 is 18.9 Å². The van der Waals surface area contributed by atoms with Crippen LogP contribution in [-0.2, 0) is 12.8 Å². The van der Waals surface area contributed by atoms with Gasteiger partial charge in [0.05, 0.1) is 30.9 Å². The highest BCUT2D eigenvalue weighted by molar-refractivity contribution is 7.28. The number of ether oxygens (including phenoxy) is 4. The fourth-order valence-electron chi connectivity index (χ4n) is 3.76. The summed E-state index contributed by atoms with van der Waals surface area (Å²) in [7, 11) is 0. The molecule has 2 aliphatic heterocycles. The van der Waals surface area contributed by atoms with Gasteiger partial charge in [-0.15, -0.1) is 45.3 Å². The fraction of sp³-hybridized carbons (Fsp3) is 0.364. The van der Waals surface area contributed by atoms with Crippen molar-refractivity contribution in [2.45, 2.75) is 26.7 Å². The lowest BCUT2D eigenvalue weighted by molar-refractivity contribution is 0.174. The Labute approximate surface area is 201 Å². The topological polar surface area (TPSA) is 62.7 Å². The van der Waals surface area contributed by atoms with E-state index < -0.39 is 0 Å². The molecule has 10 heteroatoms. The van der Waals surface area contributed by atoms with Crippen LogP contribution in [-0.4, -0.2) is 36.4 Å². The number of hydrogen-bond acceptors (Lipinski definition) is 10. The summed E-state index contributed by atoms with van der Waals surface area (Å²) in [5.41, 5.74) is 2.15. The molecule has 6 rings (SSSR count). The van der Waals surface area contributed by atoms with Crippen molar-refractivity contribution in [3.05, 3.63) is 22.1 Å². The smallest absolute Gasteiger partial charge is 0.180 e. The summed E-state index contributed by atoms with van der Waals surface area (Å²) in [4.78, 5) is 14.5. The second-order valence-electron chi connectivity index (χ2n) is 7.21. The molecule has 0 bridgehead atoms. The lowest BCUT2D eigenvalue weighted by atomic mass is 10.2. The Hall–Kier alpha value is -2.14. The van der Waals surface area contributed by atoms with Crippen LogP contribution >= 0.6 is 45.3 Å². The maximum Gasteiger partial charge on any atom is 0.180 e. The summed E-state index contributed by atoms with van der Waals surface area (Å²) in [6.07, 6.45) is 1.70. The summed E-state index contributed by atoms with van der Waals surface area (Å²) in [6, 6.07) is 0. The van der Waals surface area contributed by atoms with Crippen LogP contribution in [0.3, 0.4) is 0 Å². The molecule has 0 unspecified atom stereocenters. The van der Waals surface area contributed by atoms with E-state index in [0.717, 1.165) is 76.8 Å². The minimum Gasteiger partial charge on any atom is -0.485 e. The van der Waals surface area contributed by atoms with Crippen molar-refractivity contribution in [2.24, 2.45) is 0 Å². The van der Waals surface area contributed by atoms with Crippen molar-refractivity contribution in [3.63, 3.8) is 0 Å². The van der Waals surface area contributed by atoms with Crippen LogP contribution in [0, 0.1) is 0 Å². The standard InChI is InChI=1S/C22H20N2O4S4/c1-3-11-17(19-15-13(9-29-19)25-5-7-27-15)31-21(23-11)22-24-12(4-2)18(32-22)20-16-14(10-30-20)26-6-8-28-16/h9-10H,3-8H2,1-2H3. The van der Waals surface area contributed by atoms with Crippen molar-refractivity contribution in [1.29, 1.82) is 0 Å². The molecule has 0 saturated carbocycles. The Balaban J connectivity index is 1.42. The van der Waals surface area contributed by atoms with Crippen LogP contribution in [0.2, 0.25) is 0 Å². The van der Waals surface area contributed by atoms with Crippen molar-refractivity contribution in [1.82, 2.24) is 9.97 Å². The Kier molecular flexibility index (Phi) is 5.33. The van der Waals surface area contributed by atoms with Gasteiger partial charge in [-0.2, -0.15) is 0 Å². The number of thiazole rings is 2. The molecule has 166 valence electrons. The maximum absolute atomic E-state index is 5.93. The molecule has 4 aromatic heterocycles. The first-order valence-electron chi connectivity index (χ1n) is 10.5. The number of hydrogen-bond donors (Lipinski definition) is 0. The maximum atomic E-state index is 5.93. The third-order valence-electron chi connectivity index (χ3n) is 5.26. The quantitative estimate of drug-likeness (QED) is 0.314. The van der Waals surface area contributed by atoms with E-state index in [1.807, 2.05) is 10.8 Å². The summed E-state index contributed by atoms with van der Waals surface area (Å²) in [5.74, 6) is 3.37. The third kappa shape index (κ3) is 3.32. The molecule has 0 atom stereocenters. The molecule has 0 amide bonds. The van der Waals surface area contributed by atoms with Gasteiger partial charge in [0.15, 0.2) is 33.0 Å². The molecule has 0 aliphatic carbocycles. The Morgan fingerprint density at radius 3 is 1.53 bits per heavy atom. The predicted molar refractivity (Wildman–Crippen MR) is 131 cm³/mol. The number of thiophene rings is 2. The van der Waals surface area contributed by atoms with E-state index in [0.29, 0.717) is 26.4 Å². The normalized spacial score (nSPS) is 14.7. The monoisotopic (exact) mass is 504 g/mol. The number of aromatic nitrogens is 2. The average Bonchev–Trinajstić information content (AvgIpc) is 3.61. The first-order chi connectivity index (χ1) is 15.8. The van der Waals surface area contributed by atoms with Crippen molar-refractivity contribution >= 4 is 45.3 Å². The lowest BCUT2D eigenvalue weighted by Crippen LogP contribution is -2.14. The molecular formula is C22H20N2O4S4. The fourth-order valence-corrected chi connectivity index (χ4v) is 8.28. The molecule has 6 nitrogen and oxygen atoms in total. The summed E-state index contributed by atoms with van der Waals surface area (Å²) in [5, 5.41) is 5.96. The first kappa shape index (κ1) is 20.5.